The first kappa shape index (κ1) is 15.4. The topological polar surface area (TPSA) is 12.5 Å². The molecule has 0 spiro atoms. The van der Waals surface area contributed by atoms with Crippen LogP contribution in [0.4, 0.5) is 11.4 Å². The maximum absolute atomic E-state index is 5.41. The minimum absolute atomic E-state index is 0.888. The van der Waals surface area contributed by atoms with E-state index in [1.54, 1.807) is 7.11 Å². The summed E-state index contributed by atoms with van der Waals surface area (Å²) in [5.41, 5.74) is 6.31. The zero-order valence-corrected chi connectivity index (χ0v) is 14.8. The van der Waals surface area contributed by atoms with E-state index in [4.69, 9.17) is 4.74 Å². The number of fused-ring (bicyclic) bond motifs is 2. The predicted molar refractivity (Wildman–Crippen MR) is 101 cm³/mol. The highest BCUT2D eigenvalue weighted by atomic mass is 32.2. The molecule has 1 heterocycles. The van der Waals surface area contributed by atoms with Crippen LogP contribution in [0.2, 0.25) is 0 Å². The summed E-state index contributed by atoms with van der Waals surface area (Å²) < 4.78 is 6.75. The van der Waals surface area contributed by atoms with Crippen molar-refractivity contribution in [2.45, 2.75) is 0 Å². The Bertz CT molecular complexity index is 734. The summed E-state index contributed by atoms with van der Waals surface area (Å²) in [6.07, 6.45) is 4.28. The lowest BCUT2D eigenvalue weighted by molar-refractivity contribution is 0.415. The monoisotopic (exact) mass is 329 g/mol. The summed E-state index contributed by atoms with van der Waals surface area (Å²) in [5, 5.41) is 0. The highest BCUT2D eigenvalue weighted by molar-refractivity contribution is 8.21. The standard InChI is InChI=1S/C18H19NOS2/c1-19-15-8-6-5-7-13(15)17(18(21-3)22-4)14-10-9-12(20-2)11-16(14)19/h5-11H,1-4H3. The van der Waals surface area contributed by atoms with E-state index in [9.17, 15) is 0 Å². The van der Waals surface area contributed by atoms with Gasteiger partial charge in [0.1, 0.15) is 5.75 Å². The largest absolute Gasteiger partial charge is 0.497 e. The van der Waals surface area contributed by atoms with Gasteiger partial charge in [0, 0.05) is 39.7 Å². The minimum atomic E-state index is 0.888. The molecular formula is C18H19NOS2. The Balaban J connectivity index is 2.33. The van der Waals surface area contributed by atoms with E-state index < -0.39 is 0 Å². The number of thioether (sulfide) groups is 2. The van der Waals surface area contributed by atoms with Crippen LogP contribution in [0, 0.1) is 0 Å². The minimum Gasteiger partial charge on any atom is -0.497 e. The second kappa shape index (κ2) is 6.31. The number of hydrogen-bond donors (Lipinski definition) is 0. The molecule has 0 aliphatic carbocycles. The quantitative estimate of drug-likeness (QED) is 0.765. The van der Waals surface area contributed by atoms with Gasteiger partial charge >= 0.3 is 0 Å². The molecule has 0 bridgehead atoms. The van der Waals surface area contributed by atoms with Crippen molar-refractivity contribution >= 4 is 40.5 Å². The number of nitrogens with zero attached hydrogens (tertiary/aromatic N) is 1. The normalized spacial score (nSPS) is 12.7. The molecule has 2 aromatic carbocycles. The van der Waals surface area contributed by atoms with Gasteiger partial charge < -0.3 is 9.64 Å². The number of anilines is 2. The molecule has 2 aromatic rings. The molecule has 0 saturated carbocycles. The Morgan fingerprint density at radius 3 is 2.32 bits per heavy atom. The molecule has 1 aliphatic rings. The van der Waals surface area contributed by atoms with Crippen molar-refractivity contribution in [3.05, 3.63) is 57.8 Å². The number of methoxy groups -OCH3 is 1. The Morgan fingerprint density at radius 1 is 0.955 bits per heavy atom. The van der Waals surface area contributed by atoms with Crippen LogP contribution in [-0.2, 0) is 0 Å². The summed E-state index contributed by atoms with van der Waals surface area (Å²) in [7, 11) is 3.83. The molecule has 0 radical (unpaired) electrons. The molecule has 114 valence electrons. The third-order valence-corrected chi connectivity index (χ3v) is 6.10. The molecule has 1 aliphatic heterocycles. The molecule has 0 atom stereocenters. The first-order chi connectivity index (χ1) is 10.7. The first-order valence-corrected chi connectivity index (χ1v) is 9.50. The van der Waals surface area contributed by atoms with Crippen molar-refractivity contribution in [2.24, 2.45) is 0 Å². The van der Waals surface area contributed by atoms with Crippen LogP contribution in [0.3, 0.4) is 0 Å². The fourth-order valence-corrected chi connectivity index (χ4v) is 4.40. The first-order valence-electron chi connectivity index (χ1n) is 7.05. The maximum Gasteiger partial charge on any atom is 0.120 e. The molecule has 4 heteroatoms. The van der Waals surface area contributed by atoms with Gasteiger partial charge in [0.15, 0.2) is 0 Å². The molecule has 2 nitrogen and oxygen atoms in total. The SMILES string of the molecule is COc1ccc2c(c1)N(C)c1ccccc1C2=C(SC)SC. The van der Waals surface area contributed by atoms with Gasteiger partial charge in [-0.05, 0) is 30.7 Å². The fraction of sp³-hybridized carbons (Fsp3) is 0.222. The average molecular weight is 329 g/mol. The van der Waals surface area contributed by atoms with Gasteiger partial charge in [-0.2, -0.15) is 0 Å². The number of benzene rings is 2. The second-order valence-corrected chi connectivity index (χ2v) is 6.92. The van der Waals surface area contributed by atoms with Crippen molar-refractivity contribution in [1.82, 2.24) is 0 Å². The van der Waals surface area contributed by atoms with Crippen LogP contribution >= 0.6 is 23.5 Å². The highest BCUT2D eigenvalue weighted by Gasteiger charge is 2.26. The second-order valence-electron chi connectivity index (χ2n) is 5.03. The zero-order chi connectivity index (χ0) is 15.7. The van der Waals surface area contributed by atoms with Crippen molar-refractivity contribution in [3.8, 4) is 5.75 Å². The van der Waals surface area contributed by atoms with Gasteiger partial charge in [-0.25, -0.2) is 0 Å². The Morgan fingerprint density at radius 2 is 1.64 bits per heavy atom. The predicted octanol–water partition coefficient (Wildman–Crippen LogP) is 5.22. The summed E-state index contributed by atoms with van der Waals surface area (Å²) >= 11 is 3.62. The molecule has 3 rings (SSSR count). The van der Waals surface area contributed by atoms with Gasteiger partial charge in [0.25, 0.3) is 0 Å². The number of ether oxygens (including phenoxy) is 1. The lowest BCUT2D eigenvalue weighted by Crippen LogP contribution is -2.18. The smallest absolute Gasteiger partial charge is 0.120 e. The summed E-state index contributed by atoms with van der Waals surface area (Å²) in [6.45, 7) is 0. The number of hydrogen-bond acceptors (Lipinski definition) is 4. The van der Waals surface area contributed by atoms with E-state index in [1.807, 2.05) is 29.6 Å². The Hall–Kier alpha value is -1.52. The molecule has 0 amide bonds. The highest BCUT2D eigenvalue weighted by Crippen LogP contribution is 2.49. The molecule has 0 fully saturated rings. The Labute approximate surface area is 140 Å². The molecule has 22 heavy (non-hydrogen) atoms. The molecule has 0 N–H and O–H groups in total. The van der Waals surface area contributed by atoms with Crippen molar-refractivity contribution in [3.63, 3.8) is 0 Å². The van der Waals surface area contributed by atoms with Crippen LogP contribution < -0.4 is 9.64 Å². The molecule has 0 unspecified atom stereocenters. The molecular weight excluding hydrogens is 310 g/mol. The summed E-state index contributed by atoms with van der Waals surface area (Å²) in [4.78, 5) is 2.24. The van der Waals surface area contributed by atoms with E-state index in [2.05, 4.69) is 60.9 Å². The molecule has 0 aromatic heterocycles. The van der Waals surface area contributed by atoms with E-state index >= 15 is 0 Å². The van der Waals surface area contributed by atoms with Crippen molar-refractivity contribution < 1.29 is 4.74 Å². The van der Waals surface area contributed by atoms with Gasteiger partial charge in [0.2, 0.25) is 0 Å². The number of para-hydroxylation sites is 1. The van der Waals surface area contributed by atoms with Crippen LogP contribution in [0.15, 0.2) is 46.7 Å². The van der Waals surface area contributed by atoms with Crippen molar-refractivity contribution in [2.75, 3.05) is 31.6 Å². The lowest BCUT2D eigenvalue weighted by Gasteiger charge is -2.33. The summed E-state index contributed by atoms with van der Waals surface area (Å²) in [6, 6.07) is 14.9. The van der Waals surface area contributed by atoms with Crippen LogP contribution in [0.1, 0.15) is 11.1 Å². The van der Waals surface area contributed by atoms with E-state index in [0.29, 0.717) is 0 Å². The van der Waals surface area contributed by atoms with Crippen molar-refractivity contribution in [1.29, 1.82) is 0 Å². The van der Waals surface area contributed by atoms with Crippen LogP contribution in [-0.4, -0.2) is 26.7 Å². The van der Waals surface area contributed by atoms with Gasteiger partial charge in [-0.3, -0.25) is 0 Å². The van der Waals surface area contributed by atoms with E-state index in [0.717, 1.165) is 5.75 Å². The third kappa shape index (κ3) is 2.40. The van der Waals surface area contributed by atoms with E-state index in [-0.39, 0.29) is 0 Å². The van der Waals surface area contributed by atoms with Gasteiger partial charge in [-0.15, -0.1) is 23.5 Å². The van der Waals surface area contributed by atoms with Gasteiger partial charge in [0.05, 0.1) is 12.8 Å². The van der Waals surface area contributed by atoms with Gasteiger partial charge in [-0.1, -0.05) is 18.2 Å². The summed E-state index contributed by atoms with van der Waals surface area (Å²) in [5.74, 6) is 0.888. The van der Waals surface area contributed by atoms with E-state index in [1.165, 1.54) is 32.3 Å². The maximum atomic E-state index is 5.41. The third-order valence-electron chi connectivity index (χ3n) is 3.95. The van der Waals surface area contributed by atoms with Crippen LogP contribution in [0.25, 0.3) is 5.57 Å². The van der Waals surface area contributed by atoms with Crippen LogP contribution in [0.5, 0.6) is 5.75 Å². The lowest BCUT2D eigenvalue weighted by atomic mass is 9.91. The average Bonchev–Trinajstić information content (AvgIpc) is 2.58. The molecule has 0 saturated heterocycles. The number of rotatable bonds is 3. The zero-order valence-electron chi connectivity index (χ0n) is 13.2. The fourth-order valence-electron chi connectivity index (χ4n) is 2.89. The Kier molecular flexibility index (Phi) is 4.41.